The second-order valence-corrected chi connectivity index (χ2v) is 6.14. The first kappa shape index (κ1) is 16.9. The van der Waals surface area contributed by atoms with E-state index >= 15 is 0 Å². The Kier molecular flexibility index (Phi) is 5.11. The zero-order valence-electron chi connectivity index (χ0n) is 14.2. The molecule has 0 aromatic heterocycles. The van der Waals surface area contributed by atoms with Crippen molar-refractivity contribution in [1.29, 1.82) is 0 Å². The summed E-state index contributed by atoms with van der Waals surface area (Å²) in [5, 5.41) is 9.47. The van der Waals surface area contributed by atoms with Crippen LogP contribution in [0.25, 0.3) is 0 Å². The highest BCUT2D eigenvalue weighted by Gasteiger charge is 2.26. The highest BCUT2D eigenvalue weighted by atomic mass is 16.6. The largest absolute Gasteiger partial charge is 0.493 e. The summed E-state index contributed by atoms with van der Waals surface area (Å²) in [6, 6.07) is 3.43. The van der Waals surface area contributed by atoms with Crippen molar-refractivity contribution in [2.45, 2.75) is 13.0 Å². The second kappa shape index (κ2) is 7.27. The predicted molar refractivity (Wildman–Crippen MR) is 88.0 cm³/mol. The summed E-state index contributed by atoms with van der Waals surface area (Å²) in [5.74, 6) is 1.59. The van der Waals surface area contributed by atoms with Gasteiger partial charge in [-0.1, -0.05) is 0 Å². The SMILES string of the molecule is COc1cc(C(=O)N2CCN(CC(C)O)CC2)cc2c1OCCO2. The van der Waals surface area contributed by atoms with E-state index in [9.17, 15) is 9.90 Å². The maximum Gasteiger partial charge on any atom is 0.254 e. The van der Waals surface area contributed by atoms with Gasteiger partial charge in [0.2, 0.25) is 5.75 Å². The van der Waals surface area contributed by atoms with Crippen molar-refractivity contribution in [3.8, 4) is 17.2 Å². The zero-order valence-corrected chi connectivity index (χ0v) is 14.2. The number of methoxy groups -OCH3 is 1. The first-order chi connectivity index (χ1) is 11.6. The van der Waals surface area contributed by atoms with Crippen LogP contribution < -0.4 is 14.2 Å². The molecule has 1 unspecified atom stereocenters. The summed E-state index contributed by atoms with van der Waals surface area (Å²) in [5.41, 5.74) is 0.542. The Morgan fingerprint density at radius 1 is 1.25 bits per heavy atom. The third-order valence-corrected chi connectivity index (χ3v) is 4.26. The molecule has 0 radical (unpaired) electrons. The van der Waals surface area contributed by atoms with Gasteiger partial charge in [0.25, 0.3) is 5.91 Å². The van der Waals surface area contributed by atoms with E-state index in [-0.39, 0.29) is 12.0 Å². The van der Waals surface area contributed by atoms with Gasteiger partial charge in [-0.25, -0.2) is 0 Å². The first-order valence-corrected chi connectivity index (χ1v) is 8.26. The van der Waals surface area contributed by atoms with Gasteiger partial charge in [0.1, 0.15) is 13.2 Å². The van der Waals surface area contributed by atoms with E-state index in [4.69, 9.17) is 14.2 Å². The number of carbonyl (C=O) groups is 1. The van der Waals surface area contributed by atoms with Gasteiger partial charge < -0.3 is 24.2 Å². The van der Waals surface area contributed by atoms with Crippen molar-refractivity contribution in [2.75, 3.05) is 53.0 Å². The average Bonchev–Trinajstić information content (AvgIpc) is 2.60. The van der Waals surface area contributed by atoms with Crippen molar-refractivity contribution in [1.82, 2.24) is 9.80 Å². The van der Waals surface area contributed by atoms with Gasteiger partial charge in [-0.05, 0) is 19.1 Å². The Bertz CT molecular complexity index is 580. The second-order valence-electron chi connectivity index (χ2n) is 6.14. The molecule has 24 heavy (non-hydrogen) atoms. The van der Waals surface area contributed by atoms with Gasteiger partial charge >= 0.3 is 0 Å². The van der Waals surface area contributed by atoms with Crippen LogP contribution in [0, 0.1) is 0 Å². The van der Waals surface area contributed by atoms with E-state index in [1.165, 1.54) is 0 Å². The molecule has 1 saturated heterocycles. The van der Waals surface area contributed by atoms with E-state index in [2.05, 4.69) is 4.90 Å². The Morgan fingerprint density at radius 3 is 2.62 bits per heavy atom. The maximum atomic E-state index is 12.8. The molecule has 0 saturated carbocycles. The highest BCUT2D eigenvalue weighted by Crippen LogP contribution is 2.40. The number of piperazine rings is 1. The lowest BCUT2D eigenvalue weighted by atomic mass is 10.1. The molecule has 3 rings (SSSR count). The van der Waals surface area contributed by atoms with Crippen LogP contribution in [0.15, 0.2) is 12.1 Å². The lowest BCUT2D eigenvalue weighted by Crippen LogP contribution is -2.50. The maximum absolute atomic E-state index is 12.8. The minimum atomic E-state index is -0.352. The minimum absolute atomic E-state index is 0.0398. The van der Waals surface area contributed by atoms with Gasteiger partial charge in [-0.15, -0.1) is 0 Å². The van der Waals surface area contributed by atoms with Gasteiger partial charge in [-0.2, -0.15) is 0 Å². The molecule has 1 aromatic rings. The molecule has 1 fully saturated rings. The topological polar surface area (TPSA) is 71.5 Å². The summed E-state index contributed by atoms with van der Waals surface area (Å²) in [6.45, 7) is 6.16. The molecular weight excluding hydrogens is 312 g/mol. The lowest BCUT2D eigenvalue weighted by molar-refractivity contribution is 0.0553. The molecule has 0 bridgehead atoms. The van der Waals surface area contributed by atoms with Gasteiger partial charge in [0.05, 0.1) is 13.2 Å². The fourth-order valence-electron chi connectivity index (χ4n) is 3.09. The third kappa shape index (κ3) is 3.57. The number of β-amino-alcohol motifs (C(OH)–C–C–N with tert-alkyl or cyclic N) is 1. The molecule has 2 aliphatic rings. The molecular formula is C17H24N2O5. The van der Waals surface area contributed by atoms with E-state index in [0.29, 0.717) is 55.7 Å². The fraction of sp³-hybridized carbons (Fsp3) is 0.588. The molecule has 1 atom stereocenters. The molecule has 7 heteroatoms. The molecule has 0 spiro atoms. The number of hydrogen-bond donors (Lipinski definition) is 1. The van der Waals surface area contributed by atoms with Crippen LogP contribution in [-0.2, 0) is 0 Å². The van der Waals surface area contributed by atoms with E-state index < -0.39 is 0 Å². The summed E-state index contributed by atoms with van der Waals surface area (Å²) in [4.78, 5) is 16.8. The molecule has 7 nitrogen and oxygen atoms in total. The first-order valence-electron chi connectivity index (χ1n) is 8.26. The smallest absolute Gasteiger partial charge is 0.254 e. The number of benzene rings is 1. The molecule has 1 N–H and O–H groups in total. The van der Waals surface area contributed by atoms with Gasteiger partial charge in [0.15, 0.2) is 11.5 Å². The number of ether oxygens (including phenoxy) is 3. The number of aliphatic hydroxyl groups excluding tert-OH is 1. The Balaban J connectivity index is 1.71. The summed E-state index contributed by atoms with van der Waals surface area (Å²) >= 11 is 0. The Morgan fingerprint density at radius 2 is 1.96 bits per heavy atom. The third-order valence-electron chi connectivity index (χ3n) is 4.26. The van der Waals surface area contributed by atoms with E-state index in [1.54, 1.807) is 26.2 Å². The van der Waals surface area contributed by atoms with Crippen molar-refractivity contribution in [3.05, 3.63) is 17.7 Å². The molecule has 2 heterocycles. The van der Waals surface area contributed by atoms with Crippen LogP contribution in [0.2, 0.25) is 0 Å². The standard InChI is InChI=1S/C17H24N2O5/c1-12(20)11-18-3-5-19(6-4-18)17(21)13-9-14(22-2)16-15(10-13)23-7-8-24-16/h9-10,12,20H,3-8,11H2,1-2H3. The average molecular weight is 336 g/mol. The lowest BCUT2D eigenvalue weighted by Gasteiger charge is -2.35. The summed E-state index contributed by atoms with van der Waals surface area (Å²) in [7, 11) is 1.55. The van der Waals surface area contributed by atoms with Crippen LogP contribution in [0.5, 0.6) is 17.2 Å². The normalized spacial score (nSPS) is 19.0. The van der Waals surface area contributed by atoms with Crippen LogP contribution in [0.4, 0.5) is 0 Å². The van der Waals surface area contributed by atoms with Crippen molar-refractivity contribution in [3.63, 3.8) is 0 Å². The number of nitrogens with zero attached hydrogens (tertiary/aromatic N) is 2. The van der Waals surface area contributed by atoms with Crippen LogP contribution in [0.1, 0.15) is 17.3 Å². The Labute approximate surface area is 141 Å². The zero-order chi connectivity index (χ0) is 17.1. The van der Waals surface area contributed by atoms with Crippen LogP contribution in [0.3, 0.4) is 0 Å². The van der Waals surface area contributed by atoms with Crippen molar-refractivity contribution < 1.29 is 24.1 Å². The molecule has 132 valence electrons. The summed E-state index contributed by atoms with van der Waals surface area (Å²) < 4.78 is 16.5. The fourth-order valence-corrected chi connectivity index (χ4v) is 3.09. The van der Waals surface area contributed by atoms with E-state index in [0.717, 1.165) is 13.1 Å². The number of hydrogen-bond acceptors (Lipinski definition) is 6. The quantitative estimate of drug-likeness (QED) is 0.868. The van der Waals surface area contributed by atoms with Crippen LogP contribution in [-0.4, -0.2) is 80.0 Å². The van der Waals surface area contributed by atoms with Crippen molar-refractivity contribution in [2.24, 2.45) is 0 Å². The molecule has 1 aromatic carbocycles. The number of fused-ring (bicyclic) bond motifs is 1. The summed E-state index contributed by atoms with van der Waals surface area (Å²) in [6.07, 6.45) is -0.352. The molecule has 0 aliphatic carbocycles. The van der Waals surface area contributed by atoms with Crippen LogP contribution >= 0.6 is 0 Å². The van der Waals surface area contributed by atoms with Crippen molar-refractivity contribution >= 4 is 5.91 Å². The minimum Gasteiger partial charge on any atom is -0.493 e. The number of carbonyl (C=O) groups excluding carboxylic acids is 1. The molecule has 2 aliphatic heterocycles. The van der Waals surface area contributed by atoms with Gasteiger partial charge in [-0.3, -0.25) is 9.69 Å². The Hall–Kier alpha value is -1.99. The van der Waals surface area contributed by atoms with E-state index in [1.807, 2.05) is 4.90 Å². The number of rotatable bonds is 4. The number of aliphatic hydroxyl groups is 1. The predicted octanol–water partition coefficient (Wildman–Crippen LogP) is 0.605. The number of amides is 1. The monoisotopic (exact) mass is 336 g/mol. The van der Waals surface area contributed by atoms with Gasteiger partial charge in [0, 0.05) is 38.3 Å². The highest BCUT2D eigenvalue weighted by molar-refractivity contribution is 5.95. The molecule has 1 amide bonds.